The molecule has 0 spiro atoms. The van der Waals surface area contributed by atoms with Gasteiger partial charge in [0.2, 0.25) is 0 Å². The van der Waals surface area contributed by atoms with Crippen molar-refractivity contribution in [1.82, 2.24) is 4.98 Å². The first kappa shape index (κ1) is 12.2. The highest BCUT2D eigenvalue weighted by Crippen LogP contribution is 2.21. The monoisotopic (exact) mass is 257 g/mol. The van der Waals surface area contributed by atoms with Gasteiger partial charge in [-0.25, -0.2) is 4.98 Å². The first-order valence-corrected chi connectivity index (χ1v) is 6.75. The van der Waals surface area contributed by atoms with Gasteiger partial charge in [0.05, 0.1) is 11.6 Å². The fourth-order valence-corrected chi connectivity index (χ4v) is 2.51. The number of nitrogens with zero attached hydrogens (tertiary/aromatic N) is 2. The lowest BCUT2D eigenvalue weighted by atomic mass is 10.2. The third-order valence-electron chi connectivity index (χ3n) is 3.47. The van der Waals surface area contributed by atoms with Crippen molar-refractivity contribution >= 4 is 22.4 Å². The van der Waals surface area contributed by atoms with Crippen LogP contribution < -0.4 is 10.6 Å². The number of hydrogen-bond acceptors (Lipinski definition) is 4. The van der Waals surface area contributed by atoms with E-state index in [0.29, 0.717) is 0 Å². The summed E-state index contributed by atoms with van der Waals surface area (Å²) < 4.78 is 5.67. The third kappa shape index (κ3) is 2.63. The predicted molar refractivity (Wildman–Crippen MR) is 78.4 cm³/mol. The van der Waals surface area contributed by atoms with Crippen LogP contribution in [0.2, 0.25) is 0 Å². The summed E-state index contributed by atoms with van der Waals surface area (Å²) in [4.78, 5) is 7.03. The Morgan fingerprint density at radius 2 is 2.21 bits per heavy atom. The molecule has 4 nitrogen and oxygen atoms in total. The van der Waals surface area contributed by atoms with Gasteiger partial charge in [-0.1, -0.05) is 0 Å². The number of aromatic nitrogens is 1. The fourth-order valence-electron chi connectivity index (χ4n) is 2.51. The highest BCUT2D eigenvalue weighted by atomic mass is 16.5. The Morgan fingerprint density at radius 3 is 3.11 bits per heavy atom. The SMILES string of the molecule is CC1CN(c2ccc3cc(N)ccc3n2)CCCO1. The lowest BCUT2D eigenvalue weighted by molar-refractivity contribution is 0.0820. The Balaban J connectivity index is 1.93. The van der Waals surface area contributed by atoms with Crippen molar-refractivity contribution in [2.75, 3.05) is 30.3 Å². The Labute approximate surface area is 113 Å². The lowest BCUT2D eigenvalue weighted by Gasteiger charge is -2.23. The zero-order valence-corrected chi connectivity index (χ0v) is 11.2. The molecule has 1 aromatic carbocycles. The predicted octanol–water partition coefficient (Wildman–Crippen LogP) is 2.43. The molecule has 0 amide bonds. The molecule has 1 unspecified atom stereocenters. The fraction of sp³-hybridized carbons (Fsp3) is 0.400. The van der Waals surface area contributed by atoms with E-state index in [4.69, 9.17) is 15.5 Å². The molecule has 4 heteroatoms. The summed E-state index contributed by atoms with van der Waals surface area (Å²) in [5.41, 5.74) is 7.56. The van der Waals surface area contributed by atoms with Crippen LogP contribution in [0.1, 0.15) is 13.3 Å². The molecule has 1 aliphatic rings. The Hall–Kier alpha value is -1.81. The van der Waals surface area contributed by atoms with Crippen molar-refractivity contribution in [2.24, 2.45) is 0 Å². The molecule has 0 radical (unpaired) electrons. The smallest absolute Gasteiger partial charge is 0.129 e. The number of ether oxygens (including phenoxy) is 1. The average Bonchev–Trinajstić information content (AvgIpc) is 2.63. The molecule has 2 N–H and O–H groups in total. The van der Waals surface area contributed by atoms with Gasteiger partial charge in [0.15, 0.2) is 0 Å². The zero-order valence-electron chi connectivity index (χ0n) is 11.2. The van der Waals surface area contributed by atoms with Gasteiger partial charge in [0.1, 0.15) is 5.82 Å². The minimum Gasteiger partial charge on any atom is -0.399 e. The maximum absolute atomic E-state index is 5.79. The molecule has 1 saturated heterocycles. The van der Waals surface area contributed by atoms with E-state index < -0.39 is 0 Å². The van der Waals surface area contributed by atoms with E-state index in [1.807, 2.05) is 18.2 Å². The standard InChI is InChI=1S/C15H19N3O/c1-11-10-18(7-2-8-19-11)15-6-3-12-9-13(16)4-5-14(12)17-15/h3-6,9,11H,2,7-8,10,16H2,1H3. The highest BCUT2D eigenvalue weighted by Gasteiger charge is 2.16. The van der Waals surface area contributed by atoms with E-state index in [2.05, 4.69) is 24.0 Å². The van der Waals surface area contributed by atoms with Gasteiger partial charge in [-0.15, -0.1) is 0 Å². The molecule has 1 atom stereocenters. The Kier molecular flexibility index (Phi) is 3.25. The van der Waals surface area contributed by atoms with Crippen molar-refractivity contribution in [1.29, 1.82) is 0 Å². The van der Waals surface area contributed by atoms with Gasteiger partial charge in [0.25, 0.3) is 0 Å². The molecular weight excluding hydrogens is 238 g/mol. The lowest BCUT2D eigenvalue weighted by Crippen LogP contribution is -2.30. The Bertz CT molecular complexity index is 585. The number of fused-ring (bicyclic) bond motifs is 1. The number of anilines is 2. The summed E-state index contributed by atoms with van der Waals surface area (Å²) in [5.74, 6) is 1.02. The first-order chi connectivity index (χ1) is 9.22. The van der Waals surface area contributed by atoms with Gasteiger partial charge >= 0.3 is 0 Å². The first-order valence-electron chi connectivity index (χ1n) is 6.75. The second kappa shape index (κ2) is 5.05. The molecule has 1 aliphatic heterocycles. The summed E-state index contributed by atoms with van der Waals surface area (Å²) in [7, 11) is 0. The molecule has 2 aromatic rings. The van der Waals surface area contributed by atoms with E-state index in [9.17, 15) is 0 Å². The van der Waals surface area contributed by atoms with Crippen LogP contribution in [0.25, 0.3) is 10.9 Å². The molecule has 0 aliphatic carbocycles. The van der Waals surface area contributed by atoms with Gasteiger partial charge in [-0.2, -0.15) is 0 Å². The van der Waals surface area contributed by atoms with E-state index in [1.165, 1.54) is 0 Å². The second-order valence-electron chi connectivity index (χ2n) is 5.10. The summed E-state index contributed by atoms with van der Waals surface area (Å²) >= 11 is 0. The molecule has 1 fully saturated rings. The number of nitrogen functional groups attached to an aromatic ring is 1. The number of pyridine rings is 1. The van der Waals surface area contributed by atoms with Crippen LogP contribution in [0.5, 0.6) is 0 Å². The van der Waals surface area contributed by atoms with E-state index >= 15 is 0 Å². The van der Waals surface area contributed by atoms with Crippen LogP contribution in [0.4, 0.5) is 11.5 Å². The normalized spacial score (nSPS) is 20.5. The van der Waals surface area contributed by atoms with E-state index in [0.717, 1.165) is 48.5 Å². The van der Waals surface area contributed by atoms with Crippen molar-refractivity contribution < 1.29 is 4.74 Å². The van der Waals surface area contributed by atoms with Crippen LogP contribution in [-0.4, -0.2) is 30.8 Å². The number of nitrogens with two attached hydrogens (primary N) is 1. The van der Waals surface area contributed by atoms with Crippen LogP contribution in [0.3, 0.4) is 0 Å². The minimum absolute atomic E-state index is 0.256. The van der Waals surface area contributed by atoms with Gasteiger partial charge in [-0.05, 0) is 43.7 Å². The van der Waals surface area contributed by atoms with Crippen molar-refractivity contribution in [3.05, 3.63) is 30.3 Å². The molecular formula is C15H19N3O. The number of benzene rings is 1. The third-order valence-corrected chi connectivity index (χ3v) is 3.47. The summed E-state index contributed by atoms with van der Waals surface area (Å²) in [6.07, 6.45) is 1.30. The molecule has 0 bridgehead atoms. The summed E-state index contributed by atoms with van der Waals surface area (Å²) in [6.45, 7) is 4.84. The maximum Gasteiger partial charge on any atom is 0.129 e. The quantitative estimate of drug-likeness (QED) is 0.797. The van der Waals surface area contributed by atoms with Crippen molar-refractivity contribution in [2.45, 2.75) is 19.4 Å². The second-order valence-corrected chi connectivity index (χ2v) is 5.10. The van der Waals surface area contributed by atoms with Gasteiger partial charge < -0.3 is 15.4 Å². The van der Waals surface area contributed by atoms with Crippen molar-refractivity contribution in [3.63, 3.8) is 0 Å². The minimum atomic E-state index is 0.256. The highest BCUT2D eigenvalue weighted by molar-refractivity contribution is 5.83. The molecule has 100 valence electrons. The summed E-state index contributed by atoms with van der Waals surface area (Å²) in [6, 6.07) is 9.99. The zero-order chi connectivity index (χ0) is 13.2. The van der Waals surface area contributed by atoms with Crippen LogP contribution in [0.15, 0.2) is 30.3 Å². The number of rotatable bonds is 1. The molecule has 1 aromatic heterocycles. The van der Waals surface area contributed by atoms with Crippen LogP contribution >= 0.6 is 0 Å². The van der Waals surface area contributed by atoms with Crippen LogP contribution in [-0.2, 0) is 4.74 Å². The van der Waals surface area contributed by atoms with Gasteiger partial charge in [-0.3, -0.25) is 0 Å². The van der Waals surface area contributed by atoms with Crippen molar-refractivity contribution in [3.8, 4) is 0 Å². The summed E-state index contributed by atoms with van der Waals surface area (Å²) in [5, 5.41) is 1.09. The Morgan fingerprint density at radius 1 is 1.32 bits per heavy atom. The van der Waals surface area contributed by atoms with E-state index in [-0.39, 0.29) is 6.10 Å². The maximum atomic E-state index is 5.79. The molecule has 19 heavy (non-hydrogen) atoms. The average molecular weight is 257 g/mol. The van der Waals surface area contributed by atoms with Gasteiger partial charge in [0, 0.05) is 30.8 Å². The molecule has 0 saturated carbocycles. The van der Waals surface area contributed by atoms with Crippen LogP contribution in [0, 0.1) is 0 Å². The molecule has 2 heterocycles. The molecule has 3 rings (SSSR count). The topological polar surface area (TPSA) is 51.4 Å². The number of hydrogen-bond donors (Lipinski definition) is 1. The largest absolute Gasteiger partial charge is 0.399 e. The van der Waals surface area contributed by atoms with E-state index in [1.54, 1.807) is 0 Å².